The molecule has 0 saturated carbocycles. The van der Waals surface area contributed by atoms with Gasteiger partial charge in [0, 0.05) is 26.2 Å². The van der Waals surface area contributed by atoms with Crippen LogP contribution in [0.1, 0.15) is 32.6 Å². The molecule has 0 aliphatic carbocycles. The largest absolute Gasteiger partial charge is 0.380 e. The molecule has 2 fully saturated rings. The standard InChI is InChI=1S/C15H29N3O2/c1-2-20-10-9-18-8-4-5-13(12-18)11-17-15(19)14-6-3-7-16-14/h13-14,16H,2-12H2,1H3,(H,17,19). The van der Waals surface area contributed by atoms with E-state index in [2.05, 4.69) is 15.5 Å². The minimum atomic E-state index is 0.0487. The zero-order chi connectivity index (χ0) is 14.2. The van der Waals surface area contributed by atoms with E-state index in [1.165, 1.54) is 19.4 Å². The Hall–Kier alpha value is -0.650. The number of rotatable bonds is 7. The van der Waals surface area contributed by atoms with Crippen molar-refractivity contribution in [2.75, 3.05) is 45.9 Å². The van der Waals surface area contributed by atoms with Crippen molar-refractivity contribution >= 4 is 5.91 Å². The topological polar surface area (TPSA) is 53.6 Å². The Bertz CT molecular complexity index is 293. The number of carbonyl (C=O) groups is 1. The molecule has 5 heteroatoms. The van der Waals surface area contributed by atoms with E-state index in [4.69, 9.17) is 4.74 Å². The van der Waals surface area contributed by atoms with E-state index in [-0.39, 0.29) is 11.9 Å². The molecule has 2 rings (SSSR count). The monoisotopic (exact) mass is 283 g/mol. The third-order valence-corrected chi connectivity index (χ3v) is 4.30. The van der Waals surface area contributed by atoms with E-state index < -0.39 is 0 Å². The Kier molecular flexibility index (Phi) is 6.76. The van der Waals surface area contributed by atoms with Crippen LogP contribution in [0.4, 0.5) is 0 Å². The summed E-state index contributed by atoms with van der Waals surface area (Å²) in [7, 11) is 0. The van der Waals surface area contributed by atoms with Crippen LogP contribution in [-0.2, 0) is 9.53 Å². The molecule has 2 aliphatic heterocycles. The van der Waals surface area contributed by atoms with Crippen LogP contribution in [-0.4, -0.2) is 62.8 Å². The molecule has 1 amide bonds. The van der Waals surface area contributed by atoms with E-state index >= 15 is 0 Å². The molecule has 0 aromatic carbocycles. The fraction of sp³-hybridized carbons (Fsp3) is 0.933. The molecule has 2 heterocycles. The van der Waals surface area contributed by atoms with Crippen LogP contribution in [0, 0.1) is 5.92 Å². The highest BCUT2D eigenvalue weighted by Crippen LogP contribution is 2.15. The van der Waals surface area contributed by atoms with Gasteiger partial charge in [0.2, 0.25) is 5.91 Å². The number of nitrogens with one attached hydrogen (secondary N) is 2. The molecule has 0 bridgehead atoms. The van der Waals surface area contributed by atoms with Gasteiger partial charge in [-0.15, -0.1) is 0 Å². The molecule has 2 saturated heterocycles. The third kappa shape index (κ3) is 5.04. The number of amides is 1. The van der Waals surface area contributed by atoms with Crippen molar-refractivity contribution in [3.8, 4) is 0 Å². The van der Waals surface area contributed by atoms with E-state index in [0.717, 1.165) is 52.2 Å². The van der Waals surface area contributed by atoms with Gasteiger partial charge in [-0.3, -0.25) is 4.79 Å². The van der Waals surface area contributed by atoms with Crippen LogP contribution >= 0.6 is 0 Å². The van der Waals surface area contributed by atoms with Crippen molar-refractivity contribution < 1.29 is 9.53 Å². The highest BCUT2D eigenvalue weighted by molar-refractivity contribution is 5.81. The quantitative estimate of drug-likeness (QED) is 0.672. The molecular weight excluding hydrogens is 254 g/mol. The molecule has 20 heavy (non-hydrogen) atoms. The molecule has 2 atom stereocenters. The zero-order valence-electron chi connectivity index (χ0n) is 12.7. The van der Waals surface area contributed by atoms with Gasteiger partial charge in [0.15, 0.2) is 0 Å². The summed E-state index contributed by atoms with van der Waals surface area (Å²) in [6.45, 7) is 8.72. The van der Waals surface area contributed by atoms with E-state index in [9.17, 15) is 4.79 Å². The molecule has 0 aromatic heterocycles. The Morgan fingerprint density at radius 1 is 1.40 bits per heavy atom. The van der Waals surface area contributed by atoms with E-state index in [1.807, 2.05) is 6.92 Å². The van der Waals surface area contributed by atoms with Gasteiger partial charge in [0.05, 0.1) is 12.6 Å². The number of carbonyl (C=O) groups excluding carboxylic acids is 1. The Balaban J connectivity index is 1.63. The normalized spacial score (nSPS) is 27.6. The summed E-state index contributed by atoms with van der Waals surface area (Å²) in [6, 6.07) is 0.0487. The first-order valence-corrected chi connectivity index (χ1v) is 8.10. The molecule has 0 aromatic rings. The number of ether oxygens (including phenoxy) is 1. The summed E-state index contributed by atoms with van der Waals surface area (Å²) in [6.07, 6.45) is 4.56. The van der Waals surface area contributed by atoms with Gasteiger partial charge < -0.3 is 20.3 Å². The Morgan fingerprint density at radius 2 is 2.30 bits per heavy atom. The first kappa shape index (κ1) is 15.7. The molecule has 5 nitrogen and oxygen atoms in total. The lowest BCUT2D eigenvalue weighted by atomic mass is 9.98. The molecule has 2 aliphatic rings. The van der Waals surface area contributed by atoms with Crippen molar-refractivity contribution in [3.63, 3.8) is 0 Å². The lowest BCUT2D eigenvalue weighted by molar-refractivity contribution is -0.123. The summed E-state index contributed by atoms with van der Waals surface area (Å²) >= 11 is 0. The van der Waals surface area contributed by atoms with Gasteiger partial charge in [-0.05, 0) is 51.6 Å². The van der Waals surface area contributed by atoms with Crippen LogP contribution in [0.5, 0.6) is 0 Å². The van der Waals surface area contributed by atoms with Crippen molar-refractivity contribution in [1.82, 2.24) is 15.5 Å². The lowest BCUT2D eigenvalue weighted by Crippen LogP contribution is -2.46. The maximum atomic E-state index is 12.0. The van der Waals surface area contributed by atoms with Gasteiger partial charge in [-0.1, -0.05) is 0 Å². The summed E-state index contributed by atoms with van der Waals surface area (Å²) in [4.78, 5) is 14.4. The fourth-order valence-corrected chi connectivity index (χ4v) is 3.14. The van der Waals surface area contributed by atoms with Gasteiger partial charge >= 0.3 is 0 Å². The Morgan fingerprint density at radius 3 is 3.05 bits per heavy atom. The number of nitrogens with zero attached hydrogens (tertiary/aromatic N) is 1. The smallest absolute Gasteiger partial charge is 0.237 e. The van der Waals surface area contributed by atoms with Crippen LogP contribution in [0.15, 0.2) is 0 Å². The maximum absolute atomic E-state index is 12.0. The summed E-state index contributed by atoms with van der Waals surface area (Å²) in [5.41, 5.74) is 0. The van der Waals surface area contributed by atoms with Gasteiger partial charge in [-0.25, -0.2) is 0 Å². The first-order valence-electron chi connectivity index (χ1n) is 8.10. The first-order chi connectivity index (χ1) is 9.79. The second kappa shape index (κ2) is 8.60. The number of likely N-dealkylation sites (tertiary alicyclic amines) is 1. The second-order valence-electron chi connectivity index (χ2n) is 5.90. The number of hydrogen-bond donors (Lipinski definition) is 2. The van der Waals surface area contributed by atoms with Gasteiger partial charge in [0.1, 0.15) is 0 Å². The highest BCUT2D eigenvalue weighted by atomic mass is 16.5. The van der Waals surface area contributed by atoms with Crippen molar-refractivity contribution in [3.05, 3.63) is 0 Å². The minimum Gasteiger partial charge on any atom is -0.380 e. The van der Waals surface area contributed by atoms with Crippen LogP contribution in [0.2, 0.25) is 0 Å². The fourth-order valence-electron chi connectivity index (χ4n) is 3.14. The average Bonchev–Trinajstić information content (AvgIpc) is 3.00. The molecule has 116 valence electrons. The molecule has 0 spiro atoms. The third-order valence-electron chi connectivity index (χ3n) is 4.30. The average molecular weight is 283 g/mol. The van der Waals surface area contributed by atoms with E-state index in [1.54, 1.807) is 0 Å². The SMILES string of the molecule is CCOCCN1CCCC(CNC(=O)C2CCCN2)C1. The maximum Gasteiger partial charge on any atom is 0.237 e. The van der Waals surface area contributed by atoms with Crippen LogP contribution < -0.4 is 10.6 Å². The second-order valence-corrected chi connectivity index (χ2v) is 5.90. The molecule has 2 N–H and O–H groups in total. The van der Waals surface area contributed by atoms with Gasteiger partial charge in [0.25, 0.3) is 0 Å². The van der Waals surface area contributed by atoms with E-state index in [0.29, 0.717) is 5.92 Å². The predicted molar refractivity (Wildman–Crippen MR) is 79.7 cm³/mol. The summed E-state index contributed by atoms with van der Waals surface area (Å²) < 4.78 is 5.42. The molecule has 0 radical (unpaired) electrons. The summed E-state index contributed by atoms with van der Waals surface area (Å²) in [5, 5.41) is 6.37. The summed E-state index contributed by atoms with van der Waals surface area (Å²) in [5.74, 6) is 0.782. The number of hydrogen-bond acceptors (Lipinski definition) is 4. The van der Waals surface area contributed by atoms with Gasteiger partial charge in [-0.2, -0.15) is 0 Å². The van der Waals surface area contributed by atoms with Crippen molar-refractivity contribution in [2.24, 2.45) is 5.92 Å². The minimum absolute atomic E-state index is 0.0487. The highest BCUT2D eigenvalue weighted by Gasteiger charge is 2.24. The van der Waals surface area contributed by atoms with Crippen molar-refractivity contribution in [2.45, 2.75) is 38.6 Å². The Labute approximate surface area is 122 Å². The van der Waals surface area contributed by atoms with Crippen LogP contribution in [0.3, 0.4) is 0 Å². The lowest BCUT2D eigenvalue weighted by Gasteiger charge is -2.32. The zero-order valence-corrected chi connectivity index (χ0v) is 12.7. The molecular formula is C15H29N3O2. The van der Waals surface area contributed by atoms with Crippen LogP contribution in [0.25, 0.3) is 0 Å². The number of piperidine rings is 1. The predicted octanol–water partition coefficient (Wildman–Crippen LogP) is 0.603. The molecule has 2 unspecified atom stereocenters. The van der Waals surface area contributed by atoms with Crippen molar-refractivity contribution in [1.29, 1.82) is 0 Å².